The number of hydrogen-bond donors (Lipinski definition) is 1. The number of hydrogen-bond acceptors (Lipinski definition) is 2. The fourth-order valence-electron chi connectivity index (χ4n) is 3.42. The van der Waals surface area contributed by atoms with Crippen LogP contribution < -0.4 is 10.2 Å². The molecular weight excluding hydrogens is 312 g/mol. The van der Waals surface area contributed by atoms with Crippen molar-refractivity contribution in [2.75, 3.05) is 10.2 Å². The molecule has 4 heteroatoms. The topological polar surface area (TPSA) is 49.4 Å². The molecule has 0 unspecified atom stereocenters. The smallest absolute Gasteiger partial charge is 0.247 e. The van der Waals surface area contributed by atoms with Gasteiger partial charge in [-0.2, -0.15) is 0 Å². The van der Waals surface area contributed by atoms with Crippen molar-refractivity contribution in [1.29, 1.82) is 0 Å². The summed E-state index contributed by atoms with van der Waals surface area (Å²) in [5.41, 5.74) is 4.84. The van der Waals surface area contributed by atoms with Crippen molar-refractivity contribution in [3.05, 3.63) is 59.2 Å². The maximum Gasteiger partial charge on any atom is 0.247 e. The molecule has 2 aromatic carbocycles. The summed E-state index contributed by atoms with van der Waals surface area (Å²) in [6.07, 6.45) is 2.15. The number of anilines is 2. The molecule has 1 N–H and O–H groups in total. The first-order chi connectivity index (χ1) is 12.0. The Kier molecular flexibility index (Phi) is 4.88. The average Bonchev–Trinajstić information content (AvgIpc) is 2.75. The molecule has 0 spiro atoms. The molecule has 1 aliphatic rings. The van der Waals surface area contributed by atoms with Crippen molar-refractivity contribution in [2.45, 2.75) is 46.1 Å². The Morgan fingerprint density at radius 3 is 2.44 bits per heavy atom. The van der Waals surface area contributed by atoms with E-state index in [0.29, 0.717) is 6.42 Å². The molecule has 0 aliphatic carbocycles. The standard InChI is InChI=1S/C21H24N2O2/c1-14-8-6-9-15(2)20(14)22-21(25)16(3)23-18-12-5-4-10-17(18)11-7-13-19(23)24/h4-6,8-10,12,16H,7,11,13H2,1-3H3,(H,22,25)/t16-/m1/s1. The van der Waals surface area contributed by atoms with Gasteiger partial charge >= 0.3 is 0 Å². The minimum atomic E-state index is -0.564. The van der Waals surface area contributed by atoms with E-state index in [-0.39, 0.29) is 11.8 Å². The summed E-state index contributed by atoms with van der Waals surface area (Å²) in [6, 6.07) is 13.2. The molecule has 1 heterocycles. The number of aryl methyl sites for hydroxylation is 3. The second-order valence-electron chi connectivity index (χ2n) is 6.68. The van der Waals surface area contributed by atoms with Crippen LogP contribution in [0.25, 0.3) is 0 Å². The van der Waals surface area contributed by atoms with E-state index in [1.807, 2.05) is 56.3 Å². The van der Waals surface area contributed by atoms with Gasteiger partial charge in [0.05, 0.1) is 0 Å². The van der Waals surface area contributed by atoms with Crippen LogP contribution in [-0.4, -0.2) is 17.9 Å². The zero-order chi connectivity index (χ0) is 18.0. The second-order valence-corrected chi connectivity index (χ2v) is 6.68. The monoisotopic (exact) mass is 336 g/mol. The van der Waals surface area contributed by atoms with Gasteiger partial charge in [-0.1, -0.05) is 36.4 Å². The van der Waals surface area contributed by atoms with Crippen molar-refractivity contribution in [1.82, 2.24) is 0 Å². The Morgan fingerprint density at radius 1 is 1.04 bits per heavy atom. The molecule has 0 fully saturated rings. The van der Waals surface area contributed by atoms with Crippen LogP contribution in [0.1, 0.15) is 36.5 Å². The van der Waals surface area contributed by atoms with Gasteiger partial charge in [-0.3, -0.25) is 14.5 Å². The highest BCUT2D eigenvalue weighted by Crippen LogP contribution is 2.29. The molecule has 130 valence electrons. The maximum atomic E-state index is 12.9. The minimum Gasteiger partial charge on any atom is -0.324 e. The third kappa shape index (κ3) is 3.43. The number of carbonyl (C=O) groups excluding carboxylic acids is 2. The molecule has 4 nitrogen and oxygen atoms in total. The Bertz CT molecular complexity index is 793. The zero-order valence-electron chi connectivity index (χ0n) is 15.0. The SMILES string of the molecule is Cc1cccc(C)c1NC(=O)[C@@H](C)N1C(=O)CCCc2ccccc21. The lowest BCUT2D eigenvalue weighted by Crippen LogP contribution is -2.45. The summed E-state index contributed by atoms with van der Waals surface area (Å²) in [5.74, 6) is -0.156. The quantitative estimate of drug-likeness (QED) is 0.921. The van der Waals surface area contributed by atoms with E-state index in [2.05, 4.69) is 5.32 Å². The average molecular weight is 336 g/mol. The van der Waals surface area contributed by atoms with E-state index in [1.54, 1.807) is 11.8 Å². The lowest BCUT2D eigenvalue weighted by atomic mass is 10.1. The van der Waals surface area contributed by atoms with Crippen LogP contribution in [0.2, 0.25) is 0 Å². The highest BCUT2D eigenvalue weighted by molar-refractivity contribution is 6.05. The minimum absolute atomic E-state index is 0.00843. The molecule has 2 aromatic rings. The number of rotatable bonds is 3. The molecule has 0 saturated heterocycles. The van der Waals surface area contributed by atoms with Gasteiger partial charge in [0.1, 0.15) is 6.04 Å². The van der Waals surface area contributed by atoms with Gasteiger partial charge in [0.2, 0.25) is 11.8 Å². The lowest BCUT2D eigenvalue weighted by Gasteiger charge is -2.29. The van der Waals surface area contributed by atoms with Gasteiger partial charge in [0.15, 0.2) is 0 Å². The Balaban J connectivity index is 1.90. The van der Waals surface area contributed by atoms with Gasteiger partial charge in [0, 0.05) is 17.8 Å². The van der Waals surface area contributed by atoms with Crippen LogP contribution in [-0.2, 0) is 16.0 Å². The number of para-hydroxylation sites is 2. The van der Waals surface area contributed by atoms with Crippen LogP contribution in [0.5, 0.6) is 0 Å². The first-order valence-electron chi connectivity index (χ1n) is 8.76. The summed E-state index contributed by atoms with van der Waals surface area (Å²) < 4.78 is 0. The summed E-state index contributed by atoms with van der Waals surface area (Å²) >= 11 is 0. The van der Waals surface area contributed by atoms with Gasteiger partial charge in [-0.05, 0) is 56.4 Å². The first-order valence-corrected chi connectivity index (χ1v) is 8.76. The zero-order valence-corrected chi connectivity index (χ0v) is 15.0. The number of nitrogens with zero attached hydrogens (tertiary/aromatic N) is 1. The number of fused-ring (bicyclic) bond motifs is 1. The van der Waals surface area contributed by atoms with Crippen LogP contribution in [0.4, 0.5) is 11.4 Å². The molecule has 1 aliphatic heterocycles. The van der Waals surface area contributed by atoms with E-state index in [0.717, 1.165) is 40.9 Å². The van der Waals surface area contributed by atoms with Crippen molar-refractivity contribution in [2.24, 2.45) is 0 Å². The van der Waals surface area contributed by atoms with Crippen LogP contribution >= 0.6 is 0 Å². The van der Waals surface area contributed by atoms with E-state index < -0.39 is 6.04 Å². The first kappa shape index (κ1) is 17.2. The van der Waals surface area contributed by atoms with E-state index >= 15 is 0 Å². The number of benzene rings is 2. The summed E-state index contributed by atoms with van der Waals surface area (Å²) in [7, 11) is 0. The number of carbonyl (C=O) groups is 2. The molecule has 3 rings (SSSR count). The highest BCUT2D eigenvalue weighted by Gasteiger charge is 2.30. The van der Waals surface area contributed by atoms with E-state index in [4.69, 9.17) is 0 Å². The van der Waals surface area contributed by atoms with Crippen LogP contribution in [0, 0.1) is 13.8 Å². The fourth-order valence-corrected chi connectivity index (χ4v) is 3.42. The molecule has 2 amide bonds. The fraction of sp³-hybridized carbons (Fsp3) is 0.333. The molecule has 0 bridgehead atoms. The second kappa shape index (κ2) is 7.09. The summed E-state index contributed by atoms with van der Waals surface area (Å²) in [6.45, 7) is 5.74. The largest absolute Gasteiger partial charge is 0.324 e. The van der Waals surface area contributed by atoms with Crippen molar-refractivity contribution in [3.8, 4) is 0 Å². The van der Waals surface area contributed by atoms with E-state index in [1.165, 1.54) is 0 Å². The third-order valence-electron chi connectivity index (χ3n) is 4.85. The van der Waals surface area contributed by atoms with Gasteiger partial charge in [0.25, 0.3) is 0 Å². The van der Waals surface area contributed by atoms with Crippen LogP contribution in [0.3, 0.4) is 0 Å². The lowest BCUT2D eigenvalue weighted by molar-refractivity contribution is -0.123. The van der Waals surface area contributed by atoms with Gasteiger partial charge < -0.3 is 5.32 Å². The molecule has 0 radical (unpaired) electrons. The normalized spacial score (nSPS) is 15.3. The van der Waals surface area contributed by atoms with Crippen molar-refractivity contribution in [3.63, 3.8) is 0 Å². The number of nitrogens with one attached hydrogen (secondary N) is 1. The Labute approximate surface area is 148 Å². The van der Waals surface area contributed by atoms with E-state index in [9.17, 15) is 9.59 Å². The third-order valence-corrected chi connectivity index (χ3v) is 4.85. The Hall–Kier alpha value is -2.62. The molecule has 25 heavy (non-hydrogen) atoms. The predicted octanol–water partition coefficient (Wildman–Crippen LogP) is 4.00. The molecular formula is C21H24N2O2. The number of amides is 2. The highest BCUT2D eigenvalue weighted by atomic mass is 16.2. The van der Waals surface area contributed by atoms with Gasteiger partial charge in [-0.25, -0.2) is 0 Å². The van der Waals surface area contributed by atoms with Crippen molar-refractivity contribution < 1.29 is 9.59 Å². The summed E-state index contributed by atoms with van der Waals surface area (Å²) in [5, 5.41) is 3.01. The van der Waals surface area contributed by atoms with Crippen LogP contribution in [0.15, 0.2) is 42.5 Å². The predicted molar refractivity (Wildman–Crippen MR) is 101 cm³/mol. The molecule has 0 saturated carbocycles. The summed E-state index contributed by atoms with van der Waals surface area (Å²) in [4.78, 5) is 27.2. The van der Waals surface area contributed by atoms with Crippen molar-refractivity contribution >= 4 is 23.2 Å². The molecule has 1 atom stereocenters. The Morgan fingerprint density at radius 2 is 1.72 bits per heavy atom. The van der Waals surface area contributed by atoms with Gasteiger partial charge in [-0.15, -0.1) is 0 Å². The molecule has 0 aromatic heterocycles. The maximum absolute atomic E-state index is 12.9.